The maximum Gasteiger partial charge on any atom is 0.337 e. The van der Waals surface area contributed by atoms with Crippen LogP contribution in [-0.2, 0) is 14.3 Å². The quantitative estimate of drug-likeness (QED) is 0.456. The second-order valence-electron chi connectivity index (χ2n) is 8.55. The van der Waals surface area contributed by atoms with Gasteiger partial charge in [-0.3, -0.25) is 4.79 Å². The van der Waals surface area contributed by atoms with Gasteiger partial charge in [-0.2, -0.15) is 0 Å². The molecule has 1 heterocycles. The maximum atomic E-state index is 13.3. The Morgan fingerprint density at radius 2 is 1.90 bits per heavy atom. The van der Waals surface area contributed by atoms with Crippen LogP contribution in [0.2, 0.25) is 0 Å². The zero-order chi connectivity index (χ0) is 22.9. The molecular formula is C24H28BrNO5. The minimum atomic E-state index is -0.591. The molecule has 7 heteroatoms. The monoisotopic (exact) mass is 489 g/mol. The minimum Gasteiger partial charge on any atom is -0.493 e. The number of hydrogen-bond donors (Lipinski definition) is 1. The number of nitrogens with one attached hydrogen (secondary N) is 1. The highest BCUT2D eigenvalue weighted by molar-refractivity contribution is 9.10. The molecule has 0 amide bonds. The molecule has 0 saturated heterocycles. The van der Waals surface area contributed by atoms with E-state index in [0.717, 1.165) is 11.3 Å². The van der Waals surface area contributed by atoms with Crippen molar-refractivity contribution >= 4 is 27.7 Å². The van der Waals surface area contributed by atoms with E-state index in [-0.39, 0.29) is 17.8 Å². The zero-order valence-corrected chi connectivity index (χ0v) is 20.1. The molecule has 1 aromatic rings. The zero-order valence-electron chi connectivity index (χ0n) is 18.6. The summed E-state index contributed by atoms with van der Waals surface area (Å²) in [6.07, 6.45) is 2.63. The first-order valence-electron chi connectivity index (χ1n) is 10.1. The Balaban J connectivity index is 2.25. The molecule has 0 saturated carbocycles. The maximum absolute atomic E-state index is 13.3. The smallest absolute Gasteiger partial charge is 0.337 e. The van der Waals surface area contributed by atoms with Crippen LogP contribution in [0.5, 0.6) is 11.5 Å². The summed E-state index contributed by atoms with van der Waals surface area (Å²) in [5.41, 5.74) is 3.11. The summed E-state index contributed by atoms with van der Waals surface area (Å²) < 4.78 is 17.0. The van der Waals surface area contributed by atoms with Gasteiger partial charge in [-0.1, -0.05) is 42.4 Å². The second-order valence-corrected chi connectivity index (χ2v) is 9.40. The fourth-order valence-corrected chi connectivity index (χ4v) is 4.87. The van der Waals surface area contributed by atoms with Gasteiger partial charge in [0.1, 0.15) is 6.61 Å². The number of dihydropyridines is 1. The molecule has 0 bridgehead atoms. The number of Topliss-reactive ketones (excluding diaryl/α,β-unsaturated/α-hetero) is 1. The Hall–Kier alpha value is -2.54. The van der Waals surface area contributed by atoms with E-state index in [1.807, 2.05) is 13.0 Å². The van der Waals surface area contributed by atoms with Crippen molar-refractivity contribution in [1.82, 2.24) is 5.32 Å². The van der Waals surface area contributed by atoms with Crippen molar-refractivity contribution in [3.05, 3.63) is 57.4 Å². The second kappa shape index (κ2) is 8.91. The van der Waals surface area contributed by atoms with Crippen LogP contribution in [0.3, 0.4) is 0 Å². The van der Waals surface area contributed by atoms with E-state index in [2.05, 4.69) is 41.7 Å². The molecule has 0 fully saturated rings. The summed E-state index contributed by atoms with van der Waals surface area (Å²) in [5.74, 6) is 0.00866. The van der Waals surface area contributed by atoms with Crippen molar-refractivity contribution in [3.63, 3.8) is 0 Å². The number of ketones is 1. The van der Waals surface area contributed by atoms with Crippen molar-refractivity contribution in [3.8, 4) is 11.5 Å². The first-order chi connectivity index (χ1) is 14.6. The molecule has 1 atom stereocenters. The highest BCUT2D eigenvalue weighted by Crippen LogP contribution is 2.49. The molecule has 166 valence electrons. The highest BCUT2D eigenvalue weighted by atomic mass is 79.9. The molecule has 2 aliphatic rings. The molecule has 1 aromatic carbocycles. The van der Waals surface area contributed by atoms with Gasteiger partial charge in [0.05, 0.1) is 19.8 Å². The lowest BCUT2D eigenvalue weighted by Gasteiger charge is -2.39. The molecule has 31 heavy (non-hydrogen) atoms. The Bertz CT molecular complexity index is 1010. The molecular weight excluding hydrogens is 462 g/mol. The van der Waals surface area contributed by atoms with E-state index < -0.39 is 11.9 Å². The Kier molecular flexibility index (Phi) is 6.65. The van der Waals surface area contributed by atoms with Crippen molar-refractivity contribution in [2.24, 2.45) is 5.41 Å². The van der Waals surface area contributed by atoms with Crippen LogP contribution in [0.25, 0.3) is 0 Å². The highest BCUT2D eigenvalue weighted by Gasteiger charge is 2.44. The Morgan fingerprint density at radius 3 is 2.52 bits per heavy atom. The Morgan fingerprint density at radius 1 is 1.26 bits per heavy atom. The van der Waals surface area contributed by atoms with Gasteiger partial charge < -0.3 is 19.5 Å². The summed E-state index contributed by atoms with van der Waals surface area (Å²) in [5, 5.41) is 3.32. The van der Waals surface area contributed by atoms with Gasteiger partial charge in [0.15, 0.2) is 17.3 Å². The number of hydrogen-bond acceptors (Lipinski definition) is 6. The number of esters is 1. The molecule has 1 N–H and O–H groups in total. The Labute approximate surface area is 191 Å². The average molecular weight is 490 g/mol. The summed E-state index contributed by atoms with van der Waals surface area (Å²) in [7, 11) is 3.11. The lowest BCUT2D eigenvalue weighted by Crippen LogP contribution is -2.38. The third-order valence-electron chi connectivity index (χ3n) is 5.61. The predicted octanol–water partition coefficient (Wildman–Crippen LogP) is 4.80. The van der Waals surface area contributed by atoms with Crippen molar-refractivity contribution in [1.29, 1.82) is 0 Å². The van der Waals surface area contributed by atoms with Gasteiger partial charge in [-0.15, -0.1) is 0 Å². The normalized spacial score (nSPS) is 20.1. The van der Waals surface area contributed by atoms with Gasteiger partial charge in [0.25, 0.3) is 0 Å². The van der Waals surface area contributed by atoms with E-state index in [4.69, 9.17) is 14.2 Å². The number of allylic oxidation sites excluding steroid dienone is 3. The molecule has 0 spiro atoms. The molecule has 3 rings (SSSR count). The molecule has 1 aliphatic heterocycles. The summed E-state index contributed by atoms with van der Waals surface area (Å²) in [4.78, 5) is 26.4. The van der Waals surface area contributed by atoms with Crippen molar-refractivity contribution in [2.75, 3.05) is 20.8 Å². The summed E-state index contributed by atoms with van der Waals surface area (Å²) in [6, 6.07) is 3.60. The fraction of sp³-hybridized carbons (Fsp3) is 0.417. The first-order valence-corrected chi connectivity index (χ1v) is 10.9. The summed E-state index contributed by atoms with van der Waals surface area (Å²) >= 11 is 3.61. The van der Waals surface area contributed by atoms with Gasteiger partial charge >= 0.3 is 5.97 Å². The number of benzene rings is 1. The predicted molar refractivity (Wildman–Crippen MR) is 122 cm³/mol. The number of carbonyl (C=O) groups is 2. The molecule has 0 unspecified atom stereocenters. The third kappa shape index (κ3) is 4.42. The van der Waals surface area contributed by atoms with Gasteiger partial charge in [0, 0.05) is 33.8 Å². The molecule has 6 nitrogen and oxygen atoms in total. The van der Waals surface area contributed by atoms with Gasteiger partial charge in [0.2, 0.25) is 0 Å². The van der Waals surface area contributed by atoms with Crippen LogP contribution in [0.1, 0.15) is 45.1 Å². The van der Waals surface area contributed by atoms with Crippen LogP contribution in [0.4, 0.5) is 0 Å². The summed E-state index contributed by atoms with van der Waals surface area (Å²) in [6.45, 7) is 9.68. The molecule has 0 aromatic heterocycles. The molecule has 0 radical (unpaired) electrons. The van der Waals surface area contributed by atoms with Crippen molar-refractivity contribution < 1.29 is 23.8 Å². The molecule has 1 aliphatic carbocycles. The van der Waals surface area contributed by atoms with E-state index in [9.17, 15) is 9.59 Å². The number of rotatable bonds is 6. The number of carbonyl (C=O) groups excluding carboxylic acids is 2. The third-order valence-corrected chi connectivity index (χ3v) is 6.29. The number of methoxy groups -OCH3 is 2. The fourth-order valence-electron chi connectivity index (χ4n) is 4.32. The standard InChI is InChI=1S/C24H28BrNO5/c1-7-8-31-23(28)20-13(2)26-16-11-24(3,4)12-17(27)22(16)21(20)14-9-18(29-5)19(30-6)10-15(14)25/h7,9-10,21,26H,1,8,11-12H2,2-6H3/t21-/m1/s1. The van der Waals surface area contributed by atoms with Crippen LogP contribution >= 0.6 is 15.9 Å². The minimum absolute atomic E-state index is 0.0203. The van der Waals surface area contributed by atoms with E-state index in [1.54, 1.807) is 20.3 Å². The first kappa shape index (κ1) is 23.1. The number of ether oxygens (including phenoxy) is 3. The van der Waals surface area contributed by atoms with Crippen molar-refractivity contribution in [2.45, 2.75) is 39.5 Å². The number of halogens is 1. The lowest BCUT2D eigenvalue weighted by atomic mass is 9.68. The van der Waals surface area contributed by atoms with E-state index >= 15 is 0 Å². The lowest BCUT2D eigenvalue weighted by molar-refractivity contribution is -0.138. The van der Waals surface area contributed by atoms with Crippen LogP contribution < -0.4 is 14.8 Å². The van der Waals surface area contributed by atoms with Crippen LogP contribution in [0.15, 0.2) is 51.8 Å². The largest absolute Gasteiger partial charge is 0.493 e. The average Bonchev–Trinajstić information content (AvgIpc) is 2.69. The van der Waals surface area contributed by atoms with Gasteiger partial charge in [-0.25, -0.2) is 4.79 Å². The topological polar surface area (TPSA) is 73.9 Å². The van der Waals surface area contributed by atoms with Gasteiger partial charge in [-0.05, 0) is 36.5 Å². The van der Waals surface area contributed by atoms with Crippen LogP contribution in [-0.4, -0.2) is 32.6 Å². The SMILES string of the molecule is C=CCOC(=O)C1=C(C)NC2=C(C(=O)CC(C)(C)C2)[C@@H]1c1cc(OC)c(OC)cc1Br. The van der Waals surface area contributed by atoms with E-state index in [0.29, 0.717) is 45.7 Å². The van der Waals surface area contributed by atoms with E-state index in [1.165, 1.54) is 6.08 Å². The van der Waals surface area contributed by atoms with Crippen LogP contribution in [0, 0.1) is 5.41 Å².